The lowest BCUT2D eigenvalue weighted by Crippen LogP contribution is -2.79. The van der Waals surface area contributed by atoms with Crippen LogP contribution < -0.4 is 9.47 Å². The minimum Gasteiger partial charge on any atom is -0.496 e. The number of nitrogens with zero attached hydrogens (tertiary/aromatic N) is 2. The maximum Gasteiger partial charge on any atom is 0.413 e. The highest BCUT2D eigenvalue weighted by atomic mass is 16.7. The number of ether oxygens (including phenoxy) is 8. The Hall–Kier alpha value is -5.82. The third kappa shape index (κ3) is 4.34. The van der Waals surface area contributed by atoms with Crippen molar-refractivity contribution in [1.82, 2.24) is 4.90 Å². The summed E-state index contributed by atoms with van der Waals surface area (Å²) in [5.41, 5.74) is -8.10. The highest BCUT2D eigenvalue weighted by molar-refractivity contribution is 6.00. The molecule has 0 N–H and O–H groups in total. The Kier molecular flexibility index (Phi) is 8.14. The van der Waals surface area contributed by atoms with E-state index in [2.05, 4.69) is 29.8 Å². The van der Waals surface area contributed by atoms with E-state index in [0.717, 1.165) is 12.0 Å². The van der Waals surface area contributed by atoms with Crippen LogP contribution in [0.4, 0.5) is 4.79 Å². The Labute approximate surface area is 304 Å². The number of benzene rings is 1. The third-order valence-corrected chi connectivity index (χ3v) is 11.2. The molecule has 0 radical (unpaired) electrons. The van der Waals surface area contributed by atoms with Crippen molar-refractivity contribution in [2.45, 2.75) is 68.0 Å². The van der Waals surface area contributed by atoms with Gasteiger partial charge < -0.3 is 37.9 Å². The minimum atomic E-state index is -2.37. The first-order valence-corrected chi connectivity index (χ1v) is 16.6. The molecule has 274 valence electrons. The van der Waals surface area contributed by atoms with Gasteiger partial charge in [-0.1, -0.05) is 30.6 Å². The van der Waals surface area contributed by atoms with E-state index in [1.54, 1.807) is 6.92 Å². The predicted molar refractivity (Wildman–Crippen MR) is 176 cm³/mol. The molecule has 15 nitrogen and oxygen atoms in total. The number of methoxy groups -OCH3 is 4. The summed E-state index contributed by atoms with van der Waals surface area (Å²) in [6, 6.07) is 3.78. The first-order valence-electron chi connectivity index (χ1n) is 16.6. The highest BCUT2D eigenvalue weighted by Crippen LogP contribution is 2.76. The van der Waals surface area contributed by atoms with Gasteiger partial charge >= 0.3 is 24.0 Å². The van der Waals surface area contributed by atoms with Crippen LogP contribution in [0, 0.1) is 52.8 Å². The average molecular weight is 727 g/mol. The van der Waals surface area contributed by atoms with E-state index in [1.165, 1.54) is 65.5 Å². The lowest BCUT2D eigenvalue weighted by Gasteiger charge is -2.61. The topological polar surface area (TPSA) is 190 Å². The molecule has 1 aromatic carbocycles. The maximum absolute atomic E-state index is 14.5. The van der Waals surface area contributed by atoms with Gasteiger partial charge in [-0.2, -0.15) is 5.26 Å². The number of ketones is 1. The van der Waals surface area contributed by atoms with Crippen LogP contribution in [0.3, 0.4) is 0 Å². The summed E-state index contributed by atoms with van der Waals surface area (Å²) in [4.78, 5) is 69.0. The Morgan fingerprint density at radius 2 is 1.60 bits per heavy atom. The number of piperidine rings is 1. The summed E-state index contributed by atoms with van der Waals surface area (Å²) < 4.78 is 47.7. The van der Waals surface area contributed by atoms with Gasteiger partial charge in [0, 0.05) is 38.9 Å². The molecule has 1 saturated carbocycles. The second kappa shape index (κ2) is 12.1. The van der Waals surface area contributed by atoms with Crippen LogP contribution in [0.2, 0.25) is 0 Å². The normalized spacial score (nSPS) is 37.1. The Morgan fingerprint density at radius 3 is 2.21 bits per heavy atom. The van der Waals surface area contributed by atoms with Gasteiger partial charge in [-0.25, -0.2) is 9.59 Å². The molecule has 7 rings (SSSR count). The molecule has 6 aliphatic rings. The number of hydrogen-bond acceptors (Lipinski definition) is 14. The van der Waals surface area contributed by atoms with Crippen molar-refractivity contribution in [2.24, 2.45) is 17.8 Å². The van der Waals surface area contributed by atoms with Gasteiger partial charge in [0.05, 0.1) is 38.7 Å². The standard InChI is InChI=1S/C38H34N2O13/c1-19-31(50-20(2)41)32(51-21(3)42)23-12-10-8-9-11-13-28-36(19)37(23,53-36)27-17-22(43)16-26(38(27,49-7)40(28)34(45)48-6)35(18-39)30-25(47-5)15-14-24(46-4)29(30)33(44)52-35/h8-9,14-15,17,19,23,26,28,31-32H,16H2,1-7H3/b9-8-/t19-,23+,26?,28-,31-,32+,35?,36-,37+,38-/m0/s1. The Balaban J connectivity index is 1.60. The number of fused-ring (bicyclic) bond motifs is 2. The molecule has 3 fully saturated rings. The van der Waals surface area contributed by atoms with Crippen molar-refractivity contribution in [3.05, 3.63) is 47.1 Å². The van der Waals surface area contributed by atoms with Gasteiger partial charge in [0.2, 0.25) is 5.60 Å². The fourth-order valence-electron chi connectivity index (χ4n) is 9.40. The lowest BCUT2D eigenvalue weighted by atomic mass is 9.52. The van der Waals surface area contributed by atoms with Crippen LogP contribution in [0.1, 0.15) is 43.1 Å². The van der Waals surface area contributed by atoms with Crippen LogP contribution in [-0.2, 0) is 48.4 Å². The van der Waals surface area contributed by atoms with Crippen molar-refractivity contribution >= 4 is 29.8 Å². The molecule has 53 heavy (non-hydrogen) atoms. The summed E-state index contributed by atoms with van der Waals surface area (Å²) in [7, 11) is 5.07. The maximum atomic E-state index is 14.5. The molecule has 2 unspecified atom stereocenters. The monoisotopic (exact) mass is 726 g/mol. The molecular formula is C38H34N2O13. The number of amides is 1. The zero-order valence-electron chi connectivity index (χ0n) is 29.8. The second-order valence-corrected chi connectivity index (χ2v) is 13.3. The first-order chi connectivity index (χ1) is 25.3. The first kappa shape index (κ1) is 35.6. The smallest absolute Gasteiger partial charge is 0.413 e. The van der Waals surface area contributed by atoms with Gasteiger partial charge in [0.25, 0.3) is 0 Å². The van der Waals surface area contributed by atoms with Crippen LogP contribution in [-0.4, -0.2) is 98.3 Å². The molecule has 3 heterocycles. The van der Waals surface area contributed by atoms with E-state index in [-0.39, 0.29) is 28.2 Å². The summed E-state index contributed by atoms with van der Waals surface area (Å²) in [5.74, 6) is 5.65. The quantitative estimate of drug-likeness (QED) is 0.179. The summed E-state index contributed by atoms with van der Waals surface area (Å²) in [5, 5.41) is 11.3. The fourth-order valence-corrected chi connectivity index (χ4v) is 9.40. The SMILES string of the molecule is COC(=O)N1[C@H]2C#C/C=C\C#C[C@@H]3[C@@H](OC(C)=O)[C@@H](OC(C)=O)[C@H](C)[C@]24O[C@@]34C2=CC(=O)CC(C3(C#N)OC(=O)c4c(OC)ccc(OC)c43)[C@]21OC. The number of carbonyl (C=O) groups excluding carboxylic acids is 5. The molecule has 0 aromatic heterocycles. The molecule has 0 spiro atoms. The van der Waals surface area contributed by atoms with E-state index in [4.69, 9.17) is 37.9 Å². The number of rotatable bonds is 6. The van der Waals surface area contributed by atoms with Gasteiger partial charge in [0.1, 0.15) is 46.5 Å². The number of hydrogen-bond donors (Lipinski definition) is 0. The van der Waals surface area contributed by atoms with Crippen LogP contribution >= 0.6 is 0 Å². The minimum absolute atomic E-state index is 0.00678. The van der Waals surface area contributed by atoms with Crippen molar-refractivity contribution in [3.63, 3.8) is 0 Å². The Morgan fingerprint density at radius 1 is 0.962 bits per heavy atom. The molecular weight excluding hydrogens is 692 g/mol. The molecule has 1 amide bonds. The van der Waals surface area contributed by atoms with Gasteiger partial charge in [-0.15, -0.1) is 0 Å². The van der Waals surface area contributed by atoms with Crippen LogP contribution in [0.25, 0.3) is 0 Å². The van der Waals surface area contributed by atoms with Crippen molar-refractivity contribution in [3.8, 4) is 41.2 Å². The van der Waals surface area contributed by atoms with Crippen molar-refractivity contribution in [1.29, 1.82) is 5.26 Å². The van der Waals surface area contributed by atoms with E-state index < -0.39 is 94.7 Å². The molecule has 15 heteroatoms. The van der Waals surface area contributed by atoms with Gasteiger partial charge in [0.15, 0.2) is 17.6 Å². The largest absolute Gasteiger partial charge is 0.496 e. The summed E-state index contributed by atoms with van der Waals surface area (Å²) in [6.45, 7) is 4.07. The highest BCUT2D eigenvalue weighted by Gasteiger charge is 2.93. The number of epoxide rings is 1. The molecule has 10 atom stereocenters. The zero-order chi connectivity index (χ0) is 38.2. The van der Waals surface area contributed by atoms with Gasteiger partial charge in [-0.3, -0.25) is 19.3 Å². The lowest BCUT2D eigenvalue weighted by molar-refractivity contribution is -0.216. The van der Waals surface area contributed by atoms with Crippen LogP contribution in [0.15, 0.2) is 35.9 Å². The molecule has 4 bridgehead atoms. The number of likely N-dealkylation sites (tertiary alicyclic amines) is 1. The number of cyclic esters (lactones) is 1. The number of nitriles is 1. The predicted octanol–water partition coefficient (Wildman–Crippen LogP) is 2.12. The van der Waals surface area contributed by atoms with E-state index in [0.29, 0.717) is 0 Å². The Bertz CT molecular complexity index is 2110. The van der Waals surface area contributed by atoms with E-state index >= 15 is 0 Å². The van der Waals surface area contributed by atoms with Crippen molar-refractivity contribution in [2.75, 3.05) is 28.4 Å². The van der Waals surface area contributed by atoms with Crippen LogP contribution in [0.5, 0.6) is 11.5 Å². The summed E-state index contributed by atoms with van der Waals surface area (Å²) in [6.07, 6.45) is 0.200. The van der Waals surface area contributed by atoms with E-state index in [1.807, 2.05) is 0 Å². The average Bonchev–Trinajstić information content (AvgIpc) is 3.77. The number of carbonyl (C=O) groups is 5. The number of esters is 3. The third-order valence-electron chi connectivity index (χ3n) is 11.2. The second-order valence-electron chi connectivity index (χ2n) is 13.3. The van der Waals surface area contributed by atoms with E-state index in [9.17, 15) is 29.2 Å². The molecule has 3 aliphatic heterocycles. The fraction of sp³-hybridized carbons (Fsp3) is 0.474. The van der Waals surface area contributed by atoms with Gasteiger partial charge in [-0.05, 0) is 30.4 Å². The molecule has 1 aromatic rings. The molecule has 2 saturated heterocycles. The summed E-state index contributed by atoms with van der Waals surface area (Å²) >= 11 is 0. The molecule has 3 aliphatic carbocycles. The number of allylic oxidation sites excluding steroid dienone is 3. The van der Waals surface area contributed by atoms with Crippen molar-refractivity contribution < 1.29 is 61.9 Å². The zero-order valence-corrected chi connectivity index (χ0v) is 29.8.